The summed E-state index contributed by atoms with van der Waals surface area (Å²) in [6, 6.07) is 5.34. The number of hydrogen-bond donors (Lipinski definition) is 2. The lowest BCUT2D eigenvalue weighted by Gasteiger charge is -2.11. The lowest BCUT2D eigenvalue weighted by atomic mass is 10.1. The van der Waals surface area contributed by atoms with Crippen LogP contribution in [0.5, 0.6) is 0 Å². The average molecular weight is 248 g/mol. The van der Waals surface area contributed by atoms with Gasteiger partial charge in [-0.2, -0.15) is 0 Å². The molecule has 0 amide bonds. The van der Waals surface area contributed by atoms with Gasteiger partial charge in [0.15, 0.2) is 0 Å². The Kier molecular flexibility index (Phi) is 3.53. The number of hydrogen-bond acceptors (Lipinski definition) is 4. The normalized spacial score (nSPS) is 12.6. The van der Waals surface area contributed by atoms with Gasteiger partial charge >= 0.3 is 5.97 Å². The van der Waals surface area contributed by atoms with Gasteiger partial charge < -0.3 is 20.2 Å². The van der Waals surface area contributed by atoms with Crippen LogP contribution in [0.1, 0.15) is 17.3 Å². The van der Waals surface area contributed by atoms with E-state index in [2.05, 4.69) is 4.98 Å². The quantitative estimate of drug-likeness (QED) is 0.640. The smallest absolute Gasteiger partial charge is 0.340 e. The van der Waals surface area contributed by atoms with E-state index in [9.17, 15) is 4.79 Å². The van der Waals surface area contributed by atoms with Crippen LogP contribution < -0.4 is 5.73 Å². The van der Waals surface area contributed by atoms with E-state index in [1.54, 1.807) is 38.4 Å². The van der Waals surface area contributed by atoms with Gasteiger partial charge in [0.1, 0.15) is 6.10 Å². The summed E-state index contributed by atoms with van der Waals surface area (Å²) in [4.78, 5) is 15.0. The van der Waals surface area contributed by atoms with Crippen molar-refractivity contribution in [3.63, 3.8) is 0 Å². The van der Waals surface area contributed by atoms with Crippen LogP contribution in [0.3, 0.4) is 0 Å². The van der Waals surface area contributed by atoms with Crippen molar-refractivity contribution in [1.29, 1.82) is 0 Å². The zero-order valence-electron chi connectivity index (χ0n) is 10.4. The molecule has 0 spiro atoms. The number of nitrogens with one attached hydrogen (secondary N) is 1. The molecule has 1 aromatic carbocycles. The third-order valence-corrected chi connectivity index (χ3v) is 2.64. The minimum absolute atomic E-state index is 0.277. The van der Waals surface area contributed by atoms with Crippen LogP contribution in [0.4, 0.5) is 5.69 Å². The van der Waals surface area contributed by atoms with Crippen molar-refractivity contribution in [2.75, 3.05) is 19.5 Å². The molecule has 1 atom stereocenters. The van der Waals surface area contributed by atoms with Crippen molar-refractivity contribution in [2.45, 2.75) is 13.0 Å². The number of benzene rings is 1. The van der Waals surface area contributed by atoms with Crippen LogP contribution in [0, 0.1) is 0 Å². The summed E-state index contributed by atoms with van der Waals surface area (Å²) >= 11 is 0. The fourth-order valence-corrected chi connectivity index (χ4v) is 1.83. The molecule has 1 unspecified atom stereocenters. The molecule has 0 bridgehead atoms. The Balaban J connectivity index is 2.23. The highest BCUT2D eigenvalue weighted by molar-refractivity contribution is 6.04. The maximum atomic E-state index is 12.0. The number of fused-ring (bicyclic) bond motifs is 1. The number of nitrogens with two attached hydrogens (primary N) is 1. The molecule has 0 radical (unpaired) electrons. The van der Waals surface area contributed by atoms with E-state index >= 15 is 0 Å². The number of carbonyl (C=O) groups excluding carboxylic acids is 1. The number of nitrogen functional groups attached to an aromatic ring is 1. The number of anilines is 1. The van der Waals surface area contributed by atoms with E-state index in [0.29, 0.717) is 17.9 Å². The minimum atomic E-state index is -0.365. The topological polar surface area (TPSA) is 77.3 Å². The Bertz CT molecular complexity index is 562. The highest BCUT2D eigenvalue weighted by Gasteiger charge is 2.16. The maximum Gasteiger partial charge on any atom is 0.340 e. The molecule has 0 aliphatic rings. The predicted octanol–water partition coefficient (Wildman–Crippen LogP) is 1.94. The van der Waals surface area contributed by atoms with Crippen LogP contribution in [-0.4, -0.2) is 30.8 Å². The molecular formula is C13H16N2O3. The van der Waals surface area contributed by atoms with Crippen molar-refractivity contribution in [3.8, 4) is 0 Å². The number of aromatic nitrogens is 1. The van der Waals surface area contributed by atoms with E-state index in [1.165, 1.54) is 0 Å². The molecule has 18 heavy (non-hydrogen) atoms. The second-order valence-corrected chi connectivity index (χ2v) is 4.18. The Morgan fingerprint density at radius 1 is 1.50 bits per heavy atom. The van der Waals surface area contributed by atoms with Gasteiger partial charge in [0.05, 0.1) is 12.2 Å². The zero-order chi connectivity index (χ0) is 13.1. The summed E-state index contributed by atoms with van der Waals surface area (Å²) in [5.74, 6) is -0.365. The van der Waals surface area contributed by atoms with E-state index in [0.717, 1.165) is 10.9 Å². The highest BCUT2D eigenvalue weighted by atomic mass is 16.6. The first kappa shape index (κ1) is 12.4. The first-order valence-electron chi connectivity index (χ1n) is 5.68. The highest BCUT2D eigenvalue weighted by Crippen LogP contribution is 2.21. The molecule has 2 aromatic rings. The van der Waals surface area contributed by atoms with E-state index in [-0.39, 0.29) is 12.1 Å². The van der Waals surface area contributed by atoms with Gasteiger partial charge in [-0.05, 0) is 25.1 Å². The maximum absolute atomic E-state index is 12.0. The monoisotopic (exact) mass is 248 g/mol. The fourth-order valence-electron chi connectivity index (χ4n) is 1.83. The number of carbonyl (C=O) groups is 1. The molecule has 0 saturated heterocycles. The summed E-state index contributed by atoms with van der Waals surface area (Å²) in [5.41, 5.74) is 7.65. The Labute approximate surface area is 105 Å². The van der Waals surface area contributed by atoms with Crippen molar-refractivity contribution in [3.05, 3.63) is 30.0 Å². The van der Waals surface area contributed by atoms with E-state index in [4.69, 9.17) is 15.2 Å². The van der Waals surface area contributed by atoms with Gasteiger partial charge in [0, 0.05) is 29.9 Å². The molecule has 2 rings (SSSR count). The number of H-pyrrole nitrogens is 1. The molecule has 3 N–H and O–H groups in total. The van der Waals surface area contributed by atoms with E-state index in [1.807, 2.05) is 0 Å². The Hall–Kier alpha value is -2.01. The van der Waals surface area contributed by atoms with Crippen LogP contribution in [0.2, 0.25) is 0 Å². The molecule has 1 aromatic heterocycles. The van der Waals surface area contributed by atoms with Crippen LogP contribution in [0.15, 0.2) is 24.4 Å². The number of ether oxygens (including phenoxy) is 2. The second-order valence-electron chi connectivity index (χ2n) is 4.18. The molecular weight excluding hydrogens is 232 g/mol. The third kappa shape index (κ3) is 2.46. The number of esters is 1. The minimum Gasteiger partial charge on any atom is -0.457 e. The summed E-state index contributed by atoms with van der Waals surface area (Å²) in [6.45, 7) is 2.16. The Morgan fingerprint density at radius 2 is 2.28 bits per heavy atom. The van der Waals surface area contributed by atoms with E-state index < -0.39 is 0 Å². The van der Waals surface area contributed by atoms with Gasteiger partial charge in [-0.15, -0.1) is 0 Å². The first-order valence-corrected chi connectivity index (χ1v) is 5.68. The lowest BCUT2D eigenvalue weighted by Crippen LogP contribution is -2.19. The molecule has 96 valence electrons. The molecule has 1 heterocycles. The van der Waals surface area contributed by atoms with Crippen molar-refractivity contribution < 1.29 is 14.3 Å². The molecule has 0 aliphatic carbocycles. The van der Waals surface area contributed by atoms with Gasteiger partial charge in [0.2, 0.25) is 0 Å². The first-order chi connectivity index (χ1) is 8.61. The van der Waals surface area contributed by atoms with Crippen LogP contribution in [-0.2, 0) is 9.47 Å². The summed E-state index contributed by atoms with van der Waals surface area (Å²) in [7, 11) is 1.57. The van der Waals surface area contributed by atoms with Gasteiger partial charge in [-0.3, -0.25) is 0 Å². The Morgan fingerprint density at radius 3 is 3.00 bits per heavy atom. The number of rotatable bonds is 4. The predicted molar refractivity (Wildman–Crippen MR) is 69.5 cm³/mol. The van der Waals surface area contributed by atoms with Gasteiger partial charge in [-0.1, -0.05) is 0 Å². The third-order valence-electron chi connectivity index (χ3n) is 2.64. The largest absolute Gasteiger partial charge is 0.457 e. The number of methoxy groups -OCH3 is 1. The van der Waals surface area contributed by atoms with Crippen molar-refractivity contribution in [2.24, 2.45) is 0 Å². The van der Waals surface area contributed by atoms with Crippen molar-refractivity contribution in [1.82, 2.24) is 4.98 Å². The standard InChI is InChI=1S/C13H16N2O3/c1-8(7-17-2)18-13(16)11-6-15-12-5-9(14)3-4-10(11)12/h3-6,8,15H,7,14H2,1-2H3. The van der Waals surface area contributed by atoms with Crippen molar-refractivity contribution >= 4 is 22.6 Å². The van der Waals surface area contributed by atoms with Crippen LogP contribution >= 0.6 is 0 Å². The fraction of sp³-hybridized carbons (Fsp3) is 0.308. The summed E-state index contributed by atoms with van der Waals surface area (Å²) < 4.78 is 10.2. The number of aromatic amines is 1. The van der Waals surface area contributed by atoms with Gasteiger partial charge in [-0.25, -0.2) is 4.79 Å². The average Bonchev–Trinajstić information content (AvgIpc) is 2.71. The van der Waals surface area contributed by atoms with Gasteiger partial charge in [0.25, 0.3) is 0 Å². The van der Waals surface area contributed by atoms with Crippen LogP contribution in [0.25, 0.3) is 10.9 Å². The summed E-state index contributed by atoms with van der Waals surface area (Å²) in [5, 5.41) is 0.804. The SMILES string of the molecule is COCC(C)OC(=O)c1c[nH]c2cc(N)ccc12. The molecule has 0 fully saturated rings. The zero-order valence-corrected chi connectivity index (χ0v) is 10.4. The lowest BCUT2D eigenvalue weighted by molar-refractivity contribution is 0.0122. The summed E-state index contributed by atoms with van der Waals surface area (Å²) in [6.07, 6.45) is 1.35. The molecule has 0 saturated carbocycles. The molecule has 5 heteroatoms. The molecule has 0 aliphatic heterocycles. The second kappa shape index (κ2) is 5.10. The molecule has 5 nitrogen and oxygen atoms in total.